The predicted octanol–water partition coefficient (Wildman–Crippen LogP) is 4.02. The number of aromatic nitrogens is 1. The van der Waals surface area contributed by atoms with Gasteiger partial charge in [-0.3, -0.25) is 4.79 Å². The topological polar surface area (TPSA) is 43.6 Å². The Kier molecular flexibility index (Phi) is 6.41. The lowest BCUT2D eigenvalue weighted by molar-refractivity contribution is -0.117. The molecule has 1 aromatic heterocycles. The molecule has 0 spiro atoms. The van der Waals surface area contributed by atoms with Gasteiger partial charge in [0.05, 0.1) is 23.2 Å². The molecule has 0 unspecified atom stereocenters. The fourth-order valence-corrected chi connectivity index (χ4v) is 4.19. The van der Waals surface area contributed by atoms with Crippen molar-refractivity contribution >= 4 is 39.2 Å². The number of thiazole rings is 1. The monoisotopic (exact) mass is 408 g/mol. The van der Waals surface area contributed by atoms with E-state index >= 15 is 0 Å². The van der Waals surface area contributed by atoms with E-state index in [1.807, 2.05) is 30.5 Å². The zero-order valence-electron chi connectivity index (χ0n) is 14.9. The second-order valence-corrected chi connectivity index (χ2v) is 7.68. The third-order valence-corrected chi connectivity index (χ3v) is 5.72. The number of carbonyl (C=O) groups excluding carboxylic acids is 1. The van der Waals surface area contributed by atoms with Gasteiger partial charge in [0.25, 0.3) is 5.91 Å². The number of methoxy groups -OCH3 is 1. The molecular formula is C19H18F2N2O2S2. The van der Waals surface area contributed by atoms with Gasteiger partial charge < -0.3 is 9.30 Å². The minimum atomic E-state index is -0.682. The average Bonchev–Trinajstić information content (AvgIpc) is 2.97. The normalized spacial score (nSPS) is 12.1. The molecule has 0 aliphatic rings. The highest BCUT2D eigenvalue weighted by atomic mass is 32.2. The summed E-state index contributed by atoms with van der Waals surface area (Å²) in [5.74, 6) is -1.68. The Morgan fingerprint density at radius 3 is 2.67 bits per heavy atom. The summed E-state index contributed by atoms with van der Waals surface area (Å²) in [5, 5.41) is 0. The maximum absolute atomic E-state index is 14.3. The van der Waals surface area contributed by atoms with E-state index < -0.39 is 11.6 Å². The lowest BCUT2D eigenvalue weighted by atomic mass is 10.1. The number of rotatable bonds is 6. The molecule has 142 valence electrons. The molecule has 8 heteroatoms. The van der Waals surface area contributed by atoms with E-state index in [1.165, 1.54) is 13.2 Å². The number of hydrogen-bond acceptors (Lipinski definition) is 4. The van der Waals surface area contributed by atoms with Crippen LogP contribution in [0.1, 0.15) is 5.56 Å². The lowest BCUT2D eigenvalue weighted by Gasteiger charge is -2.05. The molecular weight excluding hydrogens is 390 g/mol. The molecule has 1 amide bonds. The molecule has 0 N–H and O–H groups in total. The molecule has 0 bridgehead atoms. The Bertz CT molecular complexity index is 1030. The second kappa shape index (κ2) is 8.77. The molecule has 0 radical (unpaired) electrons. The maximum Gasteiger partial charge on any atom is 0.252 e. The van der Waals surface area contributed by atoms with Crippen LogP contribution in [-0.2, 0) is 22.5 Å². The molecule has 3 rings (SSSR count). The number of amides is 1. The Morgan fingerprint density at radius 2 is 2.00 bits per heavy atom. The van der Waals surface area contributed by atoms with Gasteiger partial charge in [0, 0.05) is 24.6 Å². The number of fused-ring (bicyclic) bond motifs is 1. The van der Waals surface area contributed by atoms with E-state index in [2.05, 4.69) is 4.99 Å². The molecule has 0 aliphatic heterocycles. The van der Waals surface area contributed by atoms with Gasteiger partial charge in [-0.25, -0.2) is 8.78 Å². The van der Waals surface area contributed by atoms with Crippen molar-refractivity contribution in [1.29, 1.82) is 0 Å². The predicted molar refractivity (Wildman–Crippen MR) is 104 cm³/mol. The van der Waals surface area contributed by atoms with E-state index in [9.17, 15) is 13.6 Å². The van der Waals surface area contributed by atoms with Gasteiger partial charge in [0.1, 0.15) is 5.82 Å². The number of benzene rings is 2. The first-order valence-electron chi connectivity index (χ1n) is 8.19. The molecule has 1 heterocycles. The van der Waals surface area contributed by atoms with E-state index in [4.69, 9.17) is 4.74 Å². The molecule has 0 aliphatic carbocycles. The zero-order chi connectivity index (χ0) is 19.4. The first-order chi connectivity index (χ1) is 13.0. The van der Waals surface area contributed by atoms with Gasteiger partial charge in [0.15, 0.2) is 10.6 Å². The summed E-state index contributed by atoms with van der Waals surface area (Å²) in [6.45, 7) is 0.633. The van der Waals surface area contributed by atoms with Crippen LogP contribution in [0.25, 0.3) is 10.2 Å². The van der Waals surface area contributed by atoms with Gasteiger partial charge in [-0.1, -0.05) is 23.5 Å². The van der Waals surface area contributed by atoms with Gasteiger partial charge >= 0.3 is 0 Å². The molecule has 0 fully saturated rings. The average molecular weight is 408 g/mol. The first kappa shape index (κ1) is 19.7. The number of ether oxygens (including phenoxy) is 1. The molecule has 27 heavy (non-hydrogen) atoms. The van der Waals surface area contributed by atoms with Crippen molar-refractivity contribution in [2.24, 2.45) is 4.99 Å². The summed E-state index contributed by atoms with van der Waals surface area (Å²) in [6.07, 6.45) is 2.13. The van der Waals surface area contributed by atoms with Crippen molar-refractivity contribution in [2.45, 2.75) is 17.9 Å². The number of hydrogen-bond donors (Lipinski definition) is 0. The fourth-order valence-electron chi connectivity index (χ4n) is 2.67. The Hall–Kier alpha value is -2.03. The highest BCUT2D eigenvalue weighted by Crippen LogP contribution is 2.22. The number of thioether (sulfide) groups is 1. The number of nitrogens with zero attached hydrogens (tertiary/aromatic N) is 2. The summed E-state index contributed by atoms with van der Waals surface area (Å²) >= 11 is 2.71. The standard InChI is InChI=1S/C19H18F2N2O2S2/c1-25-8-7-23-18-15(21)10-13(20)11-16(18)27-19(23)22-17(24)9-12-3-5-14(26-2)6-4-12/h3-6,10-11H,7-9H2,1-2H3. The van der Waals surface area contributed by atoms with Crippen molar-refractivity contribution in [3.8, 4) is 0 Å². The van der Waals surface area contributed by atoms with Gasteiger partial charge in [-0.2, -0.15) is 4.99 Å². The second-order valence-electron chi connectivity index (χ2n) is 5.79. The van der Waals surface area contributed by atoms with Crippen LogP contribution < -0.4 is 4.80 Å². The molecule has 4 nitrogen and oxygen atoms in total. The lowest BCUT2D eigenvalue weighted by Crippen LogP contribution is -2.20. The summed E-state index contributed by atoms with van der Waals surface area (Å²) in [6, 6.07) is 9.75. The first-order valence-corrected chi connectivity index (χ1v) is 10.2. The molecule has 0 saturated carbocycles. The van der Waals surface area contributed by atoms with Crippen LogP contribution in [0.4, 0.5) is 8.78 Å². The highest BCUT2D eigenvalue weighted by Gasteiger charge is 2.14. The van der Waals surface area contributed by atoms with E-state index in [1.54, 1.807) is 16.3 Å². The highest BCUT2D eigenvalue weighted by molar-refractivity contribution is 7.98. The maximum atomic E-state index is 14.3. The fraction of sp³-hybridized carbons (Fsp3) is 0.263. The molecule has 0 atom stereocenters. The van der Waals surface area contributed by atoms with E-state index in [0.717, 1.165) is 27.9 Å². The van der Waals surface area contributed by atoms with Gasteiger partial charge in [-0.05, 0) is 30.0 Å². The summed E-state index contributed by atoms with van der Waals surface area (Å²) in [7, 11) is 1.53. The van der Waals surface area contributed by atoms with Crippen molar-refractivity contribution in [3.05, 3.63) is 58.4 Å². The van der Waals surface area contributed by atoms with Crippen LogP contribution in [-0.4, -0.2) is 30.4 Å². The Balaban J connectivity index is 1.97. The largest absolute Gasteiger partial charge is 0.383 e. The third kappa shape index (κ3) is 4.63. The minimum absolute atomic E-state index is 0.143. The Morgan fingerprint density at radius 1 is 1.26 bits per heavy atom. The smallest absolute Gasteiger partial charge is 0.252 e. The third-order valence-electron chi connectivity index (χ3n) is 3.95. The van der Waals surface area contributed by atoms with E-state index in [0.29, 0.717) is 22.7 Å². The quantitative estimate of drug-likeness (QED) is 0.579. The van der Waals surface area contributed by atoms with Crippen LogP contribution in [0.5, 0.6) is 0 Å². The van der Waals surface area contributed by atoms with Crippen LogP contribution >= 0.6 is 23.1 Å². The Labute approximate surface area is 163 Å². The van der Waals surface area contributed by atoms with Gasteiger partial charge in [-0.15, -0.1) is 11.8 Å². The van der Waals surface area contributed by atoms with Crippen molar-refractivity contribution in [2.75, 3.05) is 20.0 Å². The number of halogens is 2. The summed E-state index contributed by atoms with van der Waals surface area (Å²) < 4.78 is 34.8. The van der Waals surface area contributed by atoms with Crippen LogP contribution in [0, 0.1) is 11.6 Å². The van der Waals surface area contributed by atoms with Crippen LogP contribution in [0.3, 0.4) is 0 Å². The van der Waals surface area contributed by atoms with Crippen molar-refractivity contribution < 1.29 is 18.3 Å². The SMILES string of the molecule is COCCn1c(=NC(=O)Cc2ccc(SC)cc2)sc2cc(F)cc(F)c21. The minimum Gasteiger partial charge on any atom is -0.383 e. The molecule has 3 aromatic rings. The number of carbonyl (C=O) groups is 1. The summed E-state index contributed by atoms with van der Waals surface area (Å²) in [4.78, 5) is 18.0. The summed E-state index contributed by atoms with van der Waals surface area (Å²) in [5.41, 5.74) is 1.08. The zero-order valence-corrected chi connectivity index (χ0v) is 16.5. The van der Waals surface area contributed by atoms with E-state index in [-0.39, 0.29) is 17.8 Å². The van der Waals surface area contributed by atoms with Gasteiger partial charge in [0.2, 0.25) is 0 Å². The van der Waals surface area contributed by atoms with Crippen LogP contribution in [0.15, 0.2) is 46.3 Å². The van der Waals surface area contributed by atoms with Crippen molar-refractivity contribution in [1.82, 2.24) is 4.57 Å². The van der Waals surface area contributed by atoms with Crippen LogP contribution in [0.2, 0.25) is 0 Å². The molecule has 2 aromatic carbocycles. The van der Waals surface area contributed by atoms with Crippen molar-refractivity contribution in [3.63, 3.8) is 0 Å². The molecule has 0 saturated heterocycles.